The number of hydrogen-bond donors (Lipinski definition) is 3. The van der Waals surface area contributed by atoms with E-state index in [1.165, 1.54) is 9.80 Å². The molecule has 2 atom stereocenters. The lowest BCUT2D eigenvalue weighted by Gasteiger charge is -2.27. The molecule has 0 saturated carbocycles. The Bertz CT molecular complexity index is 1120. The number of likely N-dealkylation sites (tertiary alicyclic amines) is 2. The quantitative estimate of drug-likeness (QED) is 0.313. The van der Waals surface area contributed by atoms with Gasteiger partial charge in [0.25, 0.3) is 0 Å². The van der Waals surface area contributed by atoms with E-state index in [-0.39, 0.29) is 24.7 Å². The molecule has 2 fully saturated rings. The van der Waals surface area contributed by atoms with E-state index < -0.39 is 36.2 Å². The zero-order valence-electron chi connectivity index (χ0n) is 23.8. The average molecular weight is 620 g/mol. The third-order valence-electron chi connectivity index (χ3n) is 7.10. The van der Waals surface area contributed by atoms with Crippen molar-refractivity contribution in [2.24, 2.45) is 0 Å². The summed E-state index contributed by atoms with van der Waals surface area (Å²) in [6.07, 6.45) is -2.63. The summed E-state index contributed by atoms with van der Waals surface area (Å²) in [5.74, 6) is -4.06. The van der Waals surface area contributed by atoms with Crippen molar-refractivity contribution in [3.8, 4) is 11.5 Å². The molecule has 3 rings (SSSR count). The predicted octanol–water partition coefficient (Wildman–Crippen LogP) is 2.07. The van der Waals surface area contributed by atoms with Crippen LogP contribution < -0.4 is 9.47 Å². The molecular formula is C27H36F3N3O10. The van der Waals surface area contributed by atoms with E-state index in [2.05, 4.69) is 0 Å². The van der Waals surface area contributed by atoms with Gasteiger partial charge in [-0.1, -0.05) is 6.07 Å². The van der Waals surface area contributed by atoms with Gasteiger partial charge in [-0.3, -0.25) is 14.5 Å². The van der Waals surface area contributed by atoms with Gasteiger partial charge in [-0.25, -0.2) is 14.4 Å². The summed E-state index contributed by atoms with van der Waals surface area (Å²) in [5, 5.41) is 25.9. The number of alkyl halides is 3. The molecule has 0 bridgehead atoms. The van der Waals surface area contributed by atoms with Gasteiger partial charge in [-0.15, -0.1) is 0 Å². The number of halogens is 3. The van der Waals surface area contributed by atoms with Crippen molar-refractivity contribution < 1.29 is 61.9 Å². The normalized spacial score (nSPS) is 18.2. The summed E-state index contributed by atoms with van der Waals surface area (Å²) < 4.78 is 42.4. The number of carbonyl (C=O) groups is 5. The van der Waals surface area contributed by atoms with Crippen molar-refractivity contribution in [3.63, 3.8) is 0 Å². The highest BCUT2D eigenvalue weighted by Gasteiger charge is 2.38. The monoisotopic (exact) mass is 619 g/mol. The average Bonchev–Trinajstić information content (AvgIpc) is 3.64. The van der Waals surface area contributed by atoms with E-state index in [0.717, 1.165) is 5.56 Å². The van der Waals surface area contributed by atoms with Crippen molar-refractivity contribution in [3.05, 3.63) is 23.8 Å². The van der Waals surface area contributed by atoms with Gasteiger partial charge in [0.2, 0.25) is 11.8 Å². The molecule has 1 aromatic carbocycles. The van der Waals surface area contributed by atoms with E-state index in [0.29, 0.717) is 69.9 Å². The van der Waals surface area contributed by atoms with Crippen LogP contribution in [0.2, 0.25) is 0 Å². The van der Waals surface area contributed by atoms with Crippen LogP contribution in [0.15, 0.2) is 18.2 Å². The number of amides is 2. The maximum absolute atomic E-state index is 12.8. The first-order valence-electron chi connectivity index (χ1n) is 13.5. The lowest BCUT2D eigenvalue weighted by atomic mass is 10.1. The van der Waals surface area contributed by atoms with Crippen LogP contribution in [0.1, 0.15) is 44.1 Å². The fraction of sp³-hybridized carbons (Fsp3) is 0.593. The standard InChI is InChI=1S/C25H35N3O8.C2HF3O2/c1-35-20-8-7-17(15-21(20)36-2)16-26(13-9-22(29)27-11-3-5-18(27)24(31)32)14-10-23(30)28-12-4-6-19(28)25(33)34;3-2(4,5)1(6)7/h7-8,15,18-19H,3-6,9-14,16H2,1-2H3,(H,31,32)(H,33,34);(H,6,7)/t18-,19-;/m1./s1. The Morgan fingerprint density at radius 3 is 1.65 bits per heavy atom. The van der Waals surface area contributed by atoms with Crippen molar-refractivity contribution >= 4 is 29.7 Å². The van der Waals surface area contributed by atoms with Crippen LogP contribution in [-0.2, 0) is 30.5 Å². The van der Waals surface area contributed by atoms with E-state index in [4.69, 9.17) is 19.4 Å². The maximum Gasteiger partial charge on any atom is 0.490 e. The molecule has 2 aliphatic heterocycles. The number of carboxylic acids is 3. The molecule has 0 aliphatic carbocycles. The summed E-state index contributed by atoms with van der Waals surface area (Å²) >= 11 is 0. The van der Waals surface area contributed by atoms with Crippen LogP contribution in [0.3, 0.4) is 0 Å². The first-order chi connectivity index (χ1) is 20.2. The molecule has 240 valence electrons. The Kier molecular flexibility index (Phi) is 13.0. The van der Waals surface area contributed by atoms with Gasteiger partial charge >= 0.3 is 24.1 Å². The molecule has 43 heavy (non-hydrogen) atoms. The third-order valence-corrected chi connectivity index (χ3v) is 7.10. The van der Waals surface area contributed by atoms with Gasteiger partial charge in [0, 0.05) is 45.6 Å². The molecule has 2 heterocycles. The highest BCUT2D eigenvalue weighted by Crippen LogP contribution is 2.28. The van der Waals surface area contributed by atoms with Gasteiger partial charge in [0.1, 0.15) is 12.1 Å². The zero-order valence-corrected chi connectivity index (χ0v) is 23.8. The third kappa shape index (κ3) is 10.3. The lowest BCUT2D eigenvalue weighted by molar-refractivity contribution is -0.192. The Balaban J connectivity index is 0.000000821. The highest BCUT2D eigenvalue weighted by atomic mass is 19.4. The summed E-state index contributed by atoms with van der Waals surface area (Å²) in [4.78, 5) is 62.3. The topological polar surface area (TPSA) is 174 Å². The zero-order chi connectivity index (χ0) is 32.3. The van der Waals surface area contributed by atoms with Crippen LogP contribution in [0.4, 0.5) is 13.2 Å². The van der Waals surface area contributed by atoms with E-state index in [1.807, 2.05) is 17.0 Å². The number of rotatable bonds is 12. The minimum absolute atomic E-state index is 0.118. The molecule has 2 amide bonds. The first-order valence-corrected chi connectivity index (χ1v) is 13.5. The minimum atomic E-state index is -5.08. The van der Waals surface area contributed by atoms with Crippen LogP contribution in [0, 0.1) is 0 Å². The van der Waals surface area contributed by atoms with Gasteiger partial charge in [0.15, 0.2) is 11.5 Å². The fourth-order valence-electron chi connectivity index (χ4n) is 4.95. The van der Waals surface area contributed by atoms with E-state index in [1.54, 1.807) is 20.3 Å². The van der Waals surface area contributed by atoms with E-state index in [9.17, 15) is 42.6 Å². The van der Waals surface area contributed by atoms with Gasteiger partial charge in [0.05, 0.1) is 14.2 Å². The summed E-state index contributed by atoms with van der Waals surface area (Å²) in [7, 11) is 3.09. The number of carbonyl (C=O) groups excluding carboxylic acids is 2. The Morgan fingerprint density at radius 2 is 1.28 bits per heavy atom. The lowest BCUT2D eigenvalue weighted by Crippen LogP contribution is -2.43. The highest BCUT2D eigenvalue weighted by molar-refractivity contribution is 5.85. The number of methoxy groups -OCH3 is 2. The number of ether oxygens (including phenoxy) is 2. The van der Waals surface area contributed by atoms with Crippen molar-refractivity contribution in [2.75, 3.05) is 40.4 Å². The molecule has 1 aromatic rings. The SMILES string of the molecule is COc1ccc(CN(CCC(=O)N2CCC[C@@H]2C(=O)O)CCC(=O)N2CCC[C@@H]2C(=O)O)cc1OC.O=C(O)C(F)(F)F. The van der Waals surface area contributed by atoms with Crippen molar-refractivity contribution in [2.45, 2.75) is 63.3 Å². The smallest absolute Gasteiger partial charge is 0.490 e. The molecule has 0 radical (unpaired) electrons. The number of aliphatic carboxylic acids is 3. The van der Waals surface area contributed by atoms with Crippen LogP contribution in [-0.4, -0.2) is 118 Å². The van der Waals surface area contributed by atoms with Gasteiger partial charge in [-0.2, -0.15) is 13.2 Å². The predicted molar refractivity (Wildman–Crippen MR) is 142 cm³/mol. The molecule has 16 heteroatoms. The molecule has 2 saturated heterocycles. The number of hydrogen-bond acceptors (Lipinski definition) is 8. The summed E-state index contributed by atoms with van der Waals surface area (Å²) in [6, 6.07) is 3.91. The Labute approximate surface area is 245 Å². The molecule has 0 spiro atoms. The van der Waals surface area contributed by atoms with Crippen LogP contribution in [0.25, 0.3) is 0 Å². The molecule has 3 N–H and O–H groups in total. The second-order valence-electron chi connectivity index (χ2n) is 9.94. The second-order valence-corrected chi connectivity index (χ2v) is 9.94. The van der Waals surface area contributed by atoms with E-state index >= 15 is 0 Å². The first kappa shape index (κ1) is 35.1. The summed E-state index contributed by atoms with van der Waals surface area (Å²) in [6.45, 7) is 1.92. The van der Waals surface area contributed by atoms with Crippen molar-refractivity contribution in [1.29, 1.82) is 0 Å². The fourth-order valence-corrected chi connectivity index (χ4v) is 4.95. The number of carboxylic acid groups (broad SMARTS) is 3. The van der Waals surface area contributed by atoms with Crippen LogP contribution >= 0.6 is 0 Å². The molecule has 13 nitrogen and oxygen atoms in total. The van der Waals surface area contributed by atoms with Gasteiger partial charge < -0.3 is 34.6 Å². The van der Waals surface area contributed by atoms with Crippen LogP contribution in [0.5, 0.6) is 11.5 Å². The Hall–Kier alpha value is -4.08. The van der Waals surface area contributed by atoms with Crippen molar-refractivity contribution in [1.82, 2.24) is 14.7 Å². The second kappa shape index (κ2) is 16.0. The maximum atomic E-state index is 12.8. The Morgan fingerprint density at radius 1 is 0.837 bits per heavy atom. The number of benzene rings is 1. The number of nitrogens with zero attached hydrogens (tertiary/aromatic N) is 3. The summed E-state index contributed by atoms with van der Waals surface area (Å²) in [5.41, 5.74) is 0.890. The molecular weight excluding hydrogens is 583 g/mol. The largest absolute Gasteiger partial charge is 0.493 e. The molecule has 0 aromatic heterocycles. The van der Waals surface area contributed by atoms with Gasteiger partial charge in [-0.05, 0) is 43.4 Å². The minimum Gasteiger partial charge on any atom is -0.493 e. The molecule has 2 aliphatic rings. The molecule has 0 unspecified atom stereocenters.